The molecule has 2 aromatic carbocycles. The Hall–Kier alpha value is -0.860. The first-order valence-corrected chi connectivity index (χ1v) is 5.62. The highest BCUT2D eigenvalue weighted by molar-refractivity contribution is 7.83. The molecule has 0 aliphatic carbocycles. The van der Waals surface area contributed by atoms with Crippen LogP contribution in [0.2, 0.25) is 0 Å². The highest BCUT2D eigenvalue weighted by atomic mass is 32.1. The van der Waals surface area contributed by atoms with Crippen LogP contribution in [0.25, 0.3) is 0 Å². The molecular weight excluding hydrogens is 220 g/mol. The van der Waals surface area contributed by atoms with Crippen LogP contribution in [0.5, 0.6) is 0 Å². The first-order chi connectivity index (χ1) is 7.27. The largest absolute Gasteiger partial charge is 0.142 e. The summed E-state index contributed by atoms with van der Waals surface area (Å²) in [5, 5.41) is 0. The van der Waals surface area contributed by atoms with E-state index >= 15 is 0 Å². The molecule has 0 saturated heterocycles. The molecule has 0 N–H and O–H groups in total. The Morgan fingerprint density at radius 2 is 1.73 bits per heavy atom. The minimum absolute atomic E-state index is 0.812. The molecule has 0 aliphatic heterocycles. The van der Waals surface area contributed by atoms with E-state index in [0.717, 1.165) is 16.2 Å². The number of hydrogen-bond acceptors (Lipinski definition) is 2. The van der Waals surface area contributed by atoms with Crippen molar-refractivity contribution in [2.75, 3.05) is 0 Å². The van der Waals surface area contributed by atoms with Crippen molar-refractivity contribution >= 4 is 25.3 Å². The third kappa shape index (κ3) is 2.58. The zero-order valence-electron chi connectivity index (χ0n) is 8.14. The van der Waals surface area contributed by atoms with Gasteiger partial charge in [-0.15, -0.1) is 25.3 Å². The van der Waals surface area contributed by atoms with Gasteiger partial charge in [-0.3, -0.25) is 0 Å². The monoisotopic (exact) mass is 231 g/mol. The maximum atomic E-state index is 4.43. The second-order valence-electron chi connectivity index (χ2n) is 3.36. The van der Waals surface area contributed by atoms with Gasteiger partial charge in [0.05, 0.1) is 0 Å². The van der Waals surface area contributed by atoms with E-state index in [-0.39, 0.29) is 0 Å². The van der Waals surface area contributed by atoms with E-state index in [0.29, 0.717) is 0 Å². The number of benzene rings is 2. The summed E-state index contributed by atoms with van der Waals surface area (Å²) in [6, 6.07) is 17.3. The van der Waals surface area contributed by atoms with Crippen molar-refractivity contribution in [3.05, 3.63) is 59.7 Å². The summed E-state index contributed by atoms with van der Waals surface area (Å²) in [4.78, 5) is 1.73. The molecule has 0 spiro atoms. The summed E-state index contributed by atoms with van der Waals surface area (Å²) in [6.45, 7) is 0. The molecule has 0 bridgehead atoms. The first-order valence-electron chi connectivity index (χ1n) is 4.73. The minimum atomic E-state index is 0.812. The molecule has 15 heavy (non-hydrogen) atoms. The third-order valence-electron chi connectivity index (χ3n) is 2.27. The van der Waals surface area contributed by atoms with Crippen molar-refractivity contribution < 1.29 is 0 Å². The maximum absolute atomic E-state index is 4.43. The van der Waals surface area contributed by atoms with Gasteiger partial charge in [0.1, 0.15) is 0 Å². The Morgan fingerprint density at radius 3 is 2.47 bits per heavy atom. The van der Waals surface area contributed by atoms with Crippen molar-refractivity contribution in [1.29, 1.82) is 0 Å². The Balaban J connectivity index is 2.29. The van der Waals surface area contributed by atoms with Crippen LogP contribution in [-0.4, -0.2) is 0 Å². The maximum Gasteiger partial charge on any atom is 0.0256 e. The molecule has 0 unspecified atom stereocenters. The molecule has 2 heteroatoms. The number of thiol groups is 2. The summed E-state index contributed by atoms with van der Waals surface area (Å²) in [5.74, 6) is 0. The van der Waals surface area contributed by atoms with Crippen LogP contribution in [0.3, 0.4) is 0 Å². The number of rotatable bonds is 2. The smallest absolute Gasteiger partial charge is 0.0256 e. The zero-order chi connectivity index (χ0) is 10.7. The summed E-state index contributed by atoms with van der Waals surface area (Å²) in [5.41, 5.74) is 2.47. The SMILES string of the molecule is Sc1[c]ccc(Cc2ccccc2)c1S. The Morgan fingerprint density at radius 1 is 1.00 bits per heavy atom. The van der Waals surface area contributed by atoms with Gasteiger partial charge in [0.2, 0.25) is 0 Å². The summed E-state index contributed by atoms with van der Waals surface area (Å²) in [7, 11) is 0. The molecule has 75 valence electrons. The lowest BCUT2D eigenvalue weighted by atomic mass is 10.1. The van der Waals surface area contributed by atoms with Crippen molar-refractivity contribution in [2.45, 2.75) is 16.2 Å². The van der Waals surface area contributed by atoms with Crippen molar-refractivity contribution in [3.8, 4) is 0 Å². The predicted octanol–water partition coefficient (Wildman–Crippen LogP) is 3.65. The van der Waals surface area contributed by atoms with Crippen LogP contribution in [0.1, 0.15) is 11.1 Å². The van der Waals surface area contributed by atoms with E-state index in [9.17, 15) is 0 Å². The van der Waals surface area contributed by atoms with E-state index in [1.54, 1.807) is 0 Å². The van der Waals surface area contributed by atoms with Gasteiger partial charge in [-0.2, -0.15) is 0 Å². The van der Waals surface area contributed by atoms with E-state index in [1.807, 2.05) is 30.3 Å². The standard InChI is InChI=1S/C13H11S2/c14-12-8-4-7-11(13(12)15)9-10-5-2-1-3-6-10/h1-7,14-15H,9H2. The molecule has 2 rings (SSSR count). The van der Waals surface area contributed by atoms with Crippen molar-refractivity contribution in [3.63, 3.8) is 0 Å². The lowest BCUT2D eigenvalue weighted by Crippen LogP contribution is -1.90. The first kappa shape index (κ1) is 10.7. The molecule has 0 aromatic heterocycles. The minimum Gasteiger partial charge on any atom is -0.142 e. The van der Waals surface area contributed by atoms with Gasteiger partial charge in [0.15, 0.2) is 0 Å². The molecule has 0 atom stereocenters. The molecule has 0 heterocycles. The Kier molecular flexibility index (Phi) is 3.39. The van der Waals surface area contributed by atoms with Gasteiger partial charge < -0.3 is 0 Å². The Labute approximate surface area is 101 Å². The average molecular weight is 231 g/mol. The van der Waals surface area contributed by atoms with E-state index < -0.39 is 0 Å². The highest BCUT2D eigenvalue weighted by Crippen LogP contribution is 2.23. The molecule has 0 aliphatic rings. The highest BCUT2D eigenvalue weighted by Gasteiger charge is 2.02. The molecule has 1 radical (unpaired) electrons. The quantitative estimate of drug-likeness (QED) is 0.724. The van der Waals surface area contributed by atoms with E-state index in [4.69, 9.17) is 0 Å². The van der Waals surface area contributed by atoms with Gasteiger partial charge in [0.25, 0.3) is 0 Å². The van der Waals surface area contributed by atoms with Gasteiger partial charge in [-0.1, -0.05) is 42.5 Å². The summed E-state index contributed by atoms with van der Waals surface area (Å²) < 4.78 is 0. The van der Waals surface area contributed by atoms with Gasteiger partial charge in [0, 0.05) is 9.79 Å². The molecule has 0 saturated carbocycles. The van der Waals surface area contributed by atoms with Crippen LogP contribution < -0.4 is 0 Å². The summed E-state index contributed by atoms with van der Waals surface area (Å²) >= 11 is 8.74. The lowest BCUT2D eigenvalue weighted by Gasteiger charge is -2.06. The van der Waals surface area contributed by atoms with Gasteiger partial charge >= 0.3 is 0 Å². The van der Waals surface area contributed by atoms with Crippen LogP contribution in [0.4, 0.5) is 0 Å². The lowest BCUT2D eigenvalue weighted by molar-refractivity contribution is 1.08. The molecule has 0 fully saturated rings. The second-order valence-corrected chi connectivity index (χ2v) is 4.26. The van der Waals surface area contributed by atoms with E-state index in [1.165, 1.54) is 11.1 Å². The van der Waals surface area contributed by atoms with Crippen LogP contribution in [-0.2, 0) is 6.42 Å². The topological polar surface area (TPSA) is 0 Å². The fraction of sp³-hybridized carbons (Fsp3) is 0.0769. The van der Waals surface area contributed by atoms with Crippen LogP contribution in [0.15, 0.2) is 52.3 Å². The van der Waals surface area contributed by atoms with Gasteiger partial charge in [-0.05, 0) is 23.6 Å². The normalized spacial score (nSPS) is 10.3. The van der Waals surface area contributed by atoms with Crippen LogP contribution in [0, 0.1) is 6.07 Å². The fourth-order valence-corrected chi connectivity index (χ4v) is 1.92. The van der Waals surface area contributed by atoms with Crippen molar-refractivity contribution in [1.82, 2.24) is 0 Å². The van der Waals surface area contributed by atoms with Gasteiger partial charge in [-0.25, -0.2) is 0 Å². The van der Waals surface area contributed by atoms with E-state index in [2.05, 4.69) is 43.5 Å². The number of hydrogen-bond donors (Lipinski definition) is 2. The second kappa shape index (κ2) is 4.77. The average Bonchev–Trinajstić information content (AvgIpc) is 2.26. The third-order valence-corrected chi connectivity index (χ3v) is 3.31. The molecule has 0 amide bonds. The Bertz CT molecular complexity index is 449. The molecular formula is C13H11S2. The zero-order valence-corrected chi connectivity index (χ0v) is 9.93. The molecule has 0 nitrogen and oxygen atoms in total. The summed E-state index contributed by atoms with van der Waals surface area (Å²) in [6.07, 6.45) is 0.891. The van der Waals surface area contributed by atoms with Crippen LogP contribution >= 0.6 is 25.3 Å². The van der Waals surface area contributed by atoms with Crippen molar-refractivity contribution in [2.24, 2.45) is 0 Å². The predicted molar refractivity (Wildman–Crippen MR) is 69.0 cm³/mol. The molecule has 2 aromatic rings. The fourth-order valence-electron chi connectivity index (χ4n) is 1.48.